The van der Waals surface area contributed by atoms with Crippen molar-refractivity contribution in [3.05, 3.63) is 35.0 Å². The molecule has 0 radical (unpaired) electrons. The van der Waals surface area contributed by atoms with Crippen molar-refractivity contribution in [2.45, 2.75) is 26.8 Å². The fraction of sp³-hybridized carbons (Fsp3) is 0.385. The average molecular weight is 202 g/mol. The van der Waals surface area contributed by atoms with Crippen LogP contribution in [0.5, 0.6) is 0 Å². The molecule has 0 saturated heterocycles. The molecule has 2 N–H and O–H groups in total. The molecule has 2 heteroatoms. The molecule has 0 saturated carbocycles. The molecule has 0 aliphatic rings. The summed E-state index contributed by atoms with van der Waals surface area (Å²) in [5.41, 5.74) is 5.17. The van der Waals surface area contributed by atoms with Crippen molar-refractivity contribution in [2.24, 2.45) is 0 Å². The third kappa shape index (κ3) is 1.65. The van der Waals surface area contributed by atoms with Crippen LogP contribution in [-0.4, -0.2) is 12.0 Å². The molecule has 1 heterocycles. The van der Waals surface area contributed by atoms with Crippen molar-refractivity contribution < 1.29 is 0 Å². The molecule has 2 nitrogen and oxygen atoms in total. The van der Waals surface area contributed by atoms with Gasteiger partial charge in [0.15, 0.2) is 0 Å². The predicted molar refractivity (Wildman–Crippen MR) is 65.2 cm³/mol. The molecule has 0 aliphatic heterocycles. The molecule has 0 bridgehead atoms. The van der Waals surface area contributed by atoms with Crippen LogP contribution < -0.4 is 5.32 Å². The van der Waals surface area contributed by atoms with Crippen molar-refractivity contribution in [3.63, 3.8) is 0 Å². The minimum atomic E-state index is 0.371. The lowest BCUT2D eigenvalue weighted by Gasteiger charge is -2.06. The fourth-order valence-corrected chi connectivity index (χ4v) is 1.91. The Hall–Kier alpha value is -1.28. The molecule has 2 aromatic rings. The van der Waals surface area contributed by atoms with Gasteiger partial charge in [-0.05, 0) is 45.0 Å². The Morgan fingerprint density at radius 1 is 1.20 bits per heavy atom. The van der Waals surface area contributed by atoms with Crippen LogP contribution in [0.2, 0.25) is 0 Å². The first-order valence-corrected chi connectivity index (χ1v) is 5.39. The zero-order valence-electron chi connectivity index (χ0n) is 9.81. The monoisotopic (exact) mass is 202 g/mol. The number of nitrogens with one attached hydrogen (secondary N) is 2. The summed E-state index contributed by atoms with van der Waals surface area (Å²) in [6.45, 7) is 6.46. The summed E-state index contributed by atoms with van der Waals surface area (Å²) in [5, 5.41) is 4.59. The second-order valence-electron chi connectivity index (χ2n) is 4.22. The number of benzene rings is 1. The van der Waals surface area contributed by atoms with Crippen molar-refractivity contribution in [1.29, 1.82) is 0 Å². The second-order valence-corrected chi connectivity index (χ2v) is 4.22. The first kappa shape index (κ1) is 10.2. The van der Waals surface area contributed by atoms with Gasteiger partial charge in [0.2, 0.25) is 0 Å². The summed E-state index contributed by atoms with van der Waals surface area (Å²) in [5.74, 6) is 0. The van der Waals surface area contributed by atoms with E-state index in [1.165, 1.54) is 27.7 Å². The van der Waals surface area contributed by atoms with Crippen molar-refractivity contribution >= 4 is 10.9 Å². The van der Waals surface area contributed by atoms with Crippen LogP contribution >= 0.6 is 0 Å². The van der Waals surface area contributed by atoms with E-state index in [4.69, 9.17) is 0 Å². The fourth-order valence-electron chi connectivity index (χ4n) is 1.91. The number of fused-ring (bicyclic) bond motifs is 1. The van der Waals surface area contributed by atoms with Gasteiger partial charge in [-0.1, -0.05) is 12.1 Å². The topological polar surface area (TPSA) is 27.8 Å². The number of aromatic amines is 1. The Labute approximate surface area is 90.7 Å². The van der Waals surface area contributed by atoms with Gasteiger partial charge in [0.05, 0.1) is 0 Å². The maximum absolute atomic E-state index is 3.49. The summed E-state index contributed by atoms with van der Waals surface area (Å²) in [6.07, 6.45) is 0. The Bertz CT molecular complexity index is 443. The largest absolute Gasteiger partial charge is 0.357 e. The van der Waals surface area contributed by atoms with E-state index in [0.717, 1.165) is 0 Å². The second kappa shape index (κ2) is 3.70. The van der Waals surface area contributed by atoms with Crippen LogP contribution in [0.4, 0.5) is 0 Å². The molecule has 0 spiro atoms. The van der Waals surface area contributed by atoms with Crippen LogP contribution in [0, 0.1) is 13.8 Å². The van der Waals surface area contributed by atoms with Crippen molar-refractivity contribution in [1.82, 2.24) is 10.3 Å². The molecule has 1 unspecified atom stereocenters. The molecular formula is C13H18N2. The number of hydrogen-bond donors (Lipinski definition) is 2. The number of rotatable bonds is 2. The quantitative estimate of drug-likeness (QED) is 0.769. The van der Waals surface area contributed by atoms with E-state index in [1.54, 1.807) is 0 Å². The molecule has 2 rings (SSSR count). The Balaban J connectivity index is 2.64. The van der Waals surface area contributed by atoms with E-state index in [9.17, 15) is 0 Å². The smallest absolute Gasteiger partial charge is 0.0488 e. The van der Waals surface area contributed by atoms with Crippen LogP contribution in [-0.2, 0) is 0 Å². The highest BCUT2D eigenvalue weighted by Crippen LogP contribution is 2.25. The lowest BCUT2D eigenvalue weighted by Crippen LogP contribution is -2.12. The van der Waals surface area contributed by atoms with Crippen LogP contribution in [0.3, 0.4) is 0 Å². The molecule has 1 atom stereocenters. The van der Waals surface area contributed by atoms with Gasteiger partial charge >= 0.3 is 0 Å². The Morgan fingerprint density at radius 2 is 1.87 bits per heavy atom. The van der Waals surface area contributed by atoms with E-state index in [2.05, 4.69) is 49.3 Å². The highest BCUT2D eigenvalue weighted by molar-refractivity contribution is 5.86. The van der Waals surface area contributed by atoms with Crippen molar-refractivity contribution in [2.75, 3.05) is 7.05 Å². The lowest BCUT2D eigenvalue weighted by atomic mass is 10.1. The maximum atomic E-state index is 3.49. The summed E-state index contributed by atoms with van der Waals surface area (Å²) >= 11 is 0. The molecule has 1 aromatic heterocycles. The van der Waals surface area contributed by atoms with Gasteiger partial charge in [-0.2, -0.15) is 0 Å². The van der Waals surface area contributed by atoms with Gasteiger partial charge in [0.25, 0.3) is 0 Å². The standard InChI is InChI=1S/C13H18N2/c1-8-5-6-9(2)13-11(8)7-12(15-13)10(3)14-4/h5-7,10,14-15H,1-4H3. The minimum absolute atomic E-state index is 0.371. The molecule has 0 aliphatic carbocycles. The van der Waals surface area contributed by atoms with Gasteiger partial charge in [-0.15, -0.1) is 0 Å². The molecule has 80 valence electrons. The van der Waals surface area contributed by atoms with E-state index in [-0.39, 0.29) is 0 Å². The number of hydrogen-bond acceptors (Lipinski definition) is 1. The lowest BCUT2D eigenvalue weighted by molar-refractivity contribution is 0.638. The highest BCUT2D eigenvalue weighted by atomic mass is 14.9. The first-order valence-electron chi connectivity index (χ1n) is 5.39. The minimum Gasteiger partial charge on any atom is -0.357 e. The molecule has 0 amide bonds. The number of aryl methyl sites for hydroxylation is 2. The summed E-state index contributed by atoms with van der Waals surface area (Å²) in [7, 11) is 1.98. The molecule has 1 aromatic carbocycles. The van der Waals surface area contributed by atoms with Gasteiger partial charge in [0.1, 0.15) is 0 Å². The van der Waals surface area contributed by atoms with E-state index in [1.807, 2.05) is 7.05 Å². The molecule has 0 fully saturated rings. The third-order valence-corrected chi connectivity index (χ3v) is 3.14. The molecule has 15 heavy (non-hydrogen) atoms. The van der Waals surface area contributed by atoms with Gasteiger partial charge in [0, 0.05) is 22.6 Å². The predicted octanol–water partition coefficient (Wildman–Crippen LogP) is 3.07. The van der Waals surface area contributed by atoms with Crippen LogP contribution in [0.25, 0.3) is 10.9 Å². The SMILES string of the molecule is CNC(C)c1cc2c(C)ccc(C)c2[nH]1. The summed E-state index contributed by atoms with van der Waals surface area (Å²) in [6, 6.07) is 6.97. The maximum Gasteiger partial charge on any atom is 0.0488 e. The van der Waals surface area contributed by atoms with E-state index in [0.29, 0.717) is 6.04 Å². The highest BCUT2D eigenvalue weighted by Gasteiger charge is 2.09. The number of H-pyrrole nitrogens is 1. The van der Waals surface area contributed by atoms with E-state index < -0.39 is 0 Å². The summed E-state index contributed by atoms with van der Waals surface area (Å²) < 4.78 is 0. The first-order chi connectivity index (χ1) is 7.13. The normalized spacial score (nSPS) is 13.3. The average Bonchev–Trinajstić information content (AvgIpc) is 2.68. The Kier molecular flexibility index (Phi) is 2.53. The Morgan fingerprint density at radius 3 is 2.47 bits per heavy atom. The van der Waals surface area contributed by atoms with Gasteiger partial charge in [-0.3, -0.25) is 0 Å². The van der Waals surface area contributed by atoms with Crippen LogP contribution in [0.15, 0.2) is 18.2 Å². The zero-order chi connectivity index (χ0) is 11.0. The third-order valence-electron chi connectivity index (χ3n) is 3.14. The van der Waals surface area contributed by atoms with Crippen LogP contribution in [0.1, 0.15) is 29.8 Å². The molecular weight excluding hydrogens is 184 g/mol. The zero-order valence-corrected chi connectivity index (χ0v) is 9.81. The van der Waals surface area contributed by atoms with E-state index >= 15 is 0 Å². The van der Waals surface area contributed by atoms with Gasteiger partial charge < -0.3 is 10.3 Å². The number of aromatic nitrogens is 1. The van der Waals surface area contributed by atoms with Gasteiger partial charge in [-0.25, -0.2) is 0 Å². The van der Waals surface area contributed by atoms with Crippen molar-refractivity contribution in [3.8, 4) is 0 Å². The summed E-state index contributed by atoms with van der Waals surface area (Å²) in [4.78, 5) is 3.49.